The SMILES string of the molecule is Cc1ccc(C(=O)NC2CCN(CC(=O)Nc3ccc(I)cc3)CC2)s1. The molecule has 1 aliphatic heterocycles. The number of carbonyl (C=O) groups excluding carboxylic acids is 2. The number of halogens is 1. The van der Waals surface area contributed by atoms with Gasteiger partial charge in [-0.05, 0) is 78.8 Å². The van der Waals surface area contributed by atoms with E-state index in [0.29, 0.717) is 6.54 Å². The van der Waals surface area contributed by atoms with Crippen molar-refractivity contribution in [3.8, 4) is 0 Å². The molecule has 26 heavy (non-hydrogen) atoms. The maximum absolute atomic E-state index is 12.2. The topological polar surface area (TPSA) is 61.4 Å². The van der Waals surface area contributed by atoms with E-state index in [1.165, 1.54) is 11.3 Å². The van der Waals surface area contributed by atoms with Crippen molar-refractivity contribution in [3.05, 3.63) is 49.7 Å². The van der Waals surface area contributed by atoms with Gasteiger partial charge < -0.3 is 10.6 Å². The Morgan fingerprint density at radius 2 is 1.85 bits per heavy atom. The lowest BCUT2D eigenvalue weighted by atomic mass is 10.0. The molecule has 2 heterocycles. The van der Waals surface area contributed by atoms with Crippen LogP contribution in [0.1, 0.15) is 27.4 Å². The summed E-state index contributed by atoms with van der Waals surface area (Å²) in [6, 6.07) is 11.8. The summed E-state index contributed by atoms with van der Waals surface area (Å²) < 4.78 is 1.14. The number of piperidine rings is 1. The van der Waals surface area contributed by atoms with Crippen LogP contribution in [0.2, 0.25) is 0 Å². The van der Waals surface area contributed by atoms with E-state index in [2.05, 4.69) is 38.1 Å². The first kappa shape index (κ1) is 19.3. The molecule has 0 unspecified atom stereocenters. The minimum Gasteiger partial charge on any atom is -0.349 e. The van der Waals surface area contributed by atoms with Gasteiger partial charge in [-0.3, -0.25) is 14.5 Å². The smallest absolute Gasteiger partial charge is 0.261 e. The number of hydrogen-bond donors (Lipinski definition) is 2. The lowest BCUT2D eigenvalue weighted by Crippen LogP contribution is -2.46. The van der Waals surface area contributed by atoms with Gasteiger partial charge in [-0.2, -0.15) is 0 Å². The van der Waals surface area contributed by atoms with Crippen LogP contribution in [0.15, 0.2) is 36.4 Å². The molecule has 2 aromatic rings. The van der Waals surface area contributed by atoms with E-state index in [1.807, 2.05) is 43.3 Å². The molecule has 7 heteroatoms. The quantitative estimate of drug-likeness (QED) is 0.641. The summed E-state index contributed by atoms with van der Waals surface area (Å²) in [5.74, 6) is 0.0146. The van der Waals surface area contributed by atoms with Crippen molar-refractivity contribution in [3.63, 3.8) is 0 Å². The van der Waals surface area contributed by atoms with Crippen molar-refractivity contribution in [2.45, 2.75) is 25.8 Å². The normalized spacial score (nSPS) is 15.6. The van der Waals surface area contributed by atoms with Gasteiger partial charge in [0.2, 0.25) is 5.91 Å². The number of nitrogens with one attached hydrogen (secondary N) is 2. The van der Waals surface area contributed by atoms with Crippen molar-refractivity contribution in [2.24, 2.45) is 0 Å². The molecule has 0 saturated carbocycles. The number of anilines is 1. The molecule has 3 rings (SSSR count). The van der Waals surface area contributed by atoms with E-state index in [-0.39, 0.29) is 17.9 Å². The van der Waals surface area contributed by atoms with E-state index in [0.717, 1.165) is 44.9 Å². The van der Waals surface area contributed by atoms with Crippen LogP contribution >= 0.6 is 33.9 Å². The number of likely N-dealkylation sites (tertiary alicyclic amines) is 1. The van der Waals surface area contributed by atoms with Crippen molar-refractivity contribution < 1.29 is 9.59 Å². The average molecular weight is 483 g/mol. The predicted molar refractivity (Wildman–Crippen MR) is 114 cm³/mol. The molecule has 0 radical (unpaired) electrons. The third-order valence-corrected chi connectivity index (χ3v) is 6.10. The summed E-state index contributed by atoms with van der Waals surface area (Å²) in [5.41, 5.74) is 0.823. The van der Waals surface area contributed by atoms with Crippen LogP contribution in [0.25, 0.3) is 0 Å². The molecule has 138 valence electrons. The number of rotatable bonds is 5. The average Bonchev–Trinajstić information content (AvgIpc) is 3.05. The Balaban J connectivity index is 1.41. The van der Waals surface area contributed by atoms with E-state index in [1.54, 1.807) is 0 Å². The van der Waals surface area contributed by atoms with Gasteiger partial charge in [-0.1, -0.05) is 0 Å². The number of hydrogen-bond acceptors (Lipinski definition) is 4. The van der Waals surface area contributed by atoms with Crippen LogP contribution in [-0.2, 0) is 4.79 Å². The van der Waals surface area contributed by atoms with Gasteiger partial charge >= 0.3 is 0 Å². The Morgan fingerprint density at radius 3 is 2.46 bits per heavy atom. The highest BCUT2D eigenvalue weighted by Gasteiger charge is 2.22. The first-order valence-corrected chi connectivity index (χ1v) is 10.5. The van der Waals surface area contributed by atoms with Crippen LogP contribution in [0.4, 0.5) is 5.69 Å². The maximum atomic E-state index is 12.2. The summed E-state index contributed by atoms with van der Waals surface area (Å²) in [5, 5.41) is 6.04. The summed E-state index contributed by atoms with van der Waals surface area (Å²) in [6.45, 7) is 4.01. The van der Waals surface area contributed by atoms with Crippen LogP contribution in [0.3, 0.4) is 0 Å². The Bertz CT molecular complexity index is 767. The Hall–Kier alpha value is -1.45. The third-order valence-electron chi connectivity index (χ3n) is 4.38. The molecule has 1 aromatic carbocycles. The van der Waals surface area contributed by atoms with Crippen LogP contribution < -0.4 is 10.6 Å². The van der Waals surface area contributed by atoms with Crippen molar-refractivity contribution in [2.75, 3.05) is 25.0 Å². The zero-order chi connectivity index (χ0) is 18.5. The van der Waals surface area contributed by atoms with Gasteiger partial charge in [0.15, 0.2) is 0 Å². The monoisotopic (exact) mass is 483 g/mol. The lowest BCUT2D eigenvalue weighted by Gasteiger charge is -2.31. The Kier molecular flexibility index (Phi) is 6.66. The van der Waals surface area contributed by atoms with Crippen LogP contribution in [0.5, 0.6) is 0 Å². The fourth-order valence-electron chi connectivity index (χ4n) is 2.99. The van der Waals surface area contributed by atoms with Gasteiger partial charge in [-0.25, -0.2) is 0 Å². The maximum Gasteiger partial charge on any atom is 0.261 e. The zero-order valence-electron chi connectivity index (χ0n) is 14.6. The molecule has 0 atom stereocenters. The molecular formula is C19H22IN3O2S. The second kappa shape index (κ2) is 8.96. The molecule has 2 N–H and O–H groups in total. The van der Waals surface area contributed by atoms with E-state index >= 15 is 0 Å². The number of benzene rings is 1. The lowest BCUT2D eigenvalue weighted by molar-refractivity contribution is -0.117. The van der Waals surface area contributed by atoms with E-state index in [4.69, 9.17) is 0 Å². The fraction of sp³-hybridized carbons (Fsp3) is 0.368. The molecule has 1 saturated heterocycles. The van der Waals surface area contributed by atoms with Crippen LogP contribution in [0, 0.1) is 10.5 Å². The van der Waals surface area contributed by atoms with Crippen molar-refractivity contribution in [1.29, 1.82) is 0 Å². The number of aryl methyl sites for hydroxylation is 1. The first-order chi connectivity index (χ1) is 12.5. The van der Waals surface area contributed by atoms with Gasteiger partial charge in [0, 0.05) is 33.3 Å². The molecule has 0 spiro atoms. The standard InChI is InChI=1S/C19H22IN3O2S/c1-13-2-7-17(26-13)19(25)22-16-8-10-23(11-9-16)12-18(24)21-15-5-3-14(20)4-6-15/h2-7,16H,8-12H2,1H3,(H,21,24)(H,22,25). The summed E-state index contributed by atoms with van der Waals surface area (Å²) in [4.78, 5) is 28.5. The number of thiophene rings is 1. The predicted octanol–water partition coefficient (Wildman–Crippen LogP) is 3.49. The molecule has 0 bridgehead atoms. The van der Waals surface area contributed by atoms with Crippen molar-refractivity contribution in [1.82, 2.24) is 10.2 Å². The zero-order valence-corrected chi connectivity index (χ0v) is 17.6. The van der Waals surface area contributed by atoms with Gasteiger partial charge in [0.05, 0.1) is 11.4 Å². The largest absolute Gasteiger partial charge is 0.349 e. The number of carbonyl (C=O) groups is 2. The Labute approximate surface area is 171 Å². The van der Waals surface area contributed by atoms with Gasteiger partial charge in [0.25, 0.3) is 5.91 Å². The fourth-order valence-corrected chi connectivity index (χ4v) is 4.12. The minimum absolute atomic E-state index is 0.00255. The van der Waals surface area contributed by atoms with Gasteiger partial charge in [-0.15, -0.1) is 11.3 Å². The third kappa shape index (κ3) is 5.52. The molecule has 1 fully saturated rings. The number of nitrogens with zero attached hydrogens (tertiary/aromatic N) is 1. The summed E-state index contributed by atoms with van der Waals surface area (Å²) in [7, 11) is 0. The highest BCUT2D eigenvalue weighted by molar-refractivity contribution is 14.1. The van der Waals surface area contributed by atoms with E-state index < -0.39 is 0 Å². The van der Waals surface area contributed by atoms with Crippen molar-refractivity contribution >= 4 is 51.4 Å². The Morgan fingerprint density at radius 1 is 1.15 bits per heavy atom. The highest BCUT2D eigenvalue weighted by Crippen LogP contribution is 2.17. The summed E-state index contributed by atoms with van der Waals surface area (Å²) in [6.07, 6.45) is 1.74. The summed E-state index contributed by atoms with van der Waals surface area (Å²) >= 11 is 3.76. The molecule has 1 aromatic heterocycles. The van der Waals surface area contributed by atoms with E-state index in [9.17, 15) is 9.59 Å². The molecule has 0 aliphatic carbocycles. The second-order valence-electron chi connectivity index (χ2n) is 6.49. The highest BCUT2D eigenvalue weighted by atomic mass is 127. The number of amides is 2. The van der Waals surface area contributed by atoms with Crippen LogP contribution in [-0.4, -0.2) is 42.4 Å². The second-order valence-corrected chi connectivity index (χ2v) is 9.02. The molecular weight excluding hydrogens is 461 g/mol. The molecule has 1 aliphatic rings. The molecule has 5 nitrogen and oxygen atoms in total. The minimum atomic E-state index is 0.00255. The first-order valence-electron chi connectivity index (χ1n) is 8.64. The molecule has 2 amide bonds. The van der Waals surface area contributed by atoms with Gasteiger partial charge in [0.1, 0.15) is 0 Å².